The molecule has 2 aliphatic rings. The third-order valence-electron chi connectivity index (χ3n) is 4.89. The van der Waals surface area contributed by atoms with Crippen LogP contribution in [0.15, 0.2) is 30.6 Å². The maximum absolute atomic E-state index is 12.6. The summed E-state index contributed by atoms with van der Waals surface area (Å²) in [6.45, 7) is 3.27. The number of nitrogens with one attached hydrogen (secondary N) is 2. The molecule has 4 rings (SSSR count). The van der Waals surface area contributed by atoms with E-state index in [2.05, 4.69) is 25.7 Å². The molecule has 2 aromatic rings. The number of carbonyl (C=O) groups excluding carboxylic acids is 2. The fraction of sp³-hybridized carbons (Fsp3) is 0.412. The van der Waals surface area contributed by atoms with Crippen LogP contribution in [0.4, 0.5) is 10.5 Å². The lowest BCUT2D eigenvalue weighted by Crippen LogP contribution is -2.64. The summed E-state index contributed by atoms with van der Waals surface area (Å²) in [6, 6.07) is 7.03. The number of benzene rings is 1. The van der Waals surface area contributed by atoms with Gasteiger partial charge in [0.25, 0.3) is 0 Å². The Morgan fingerprint density at radius 1 is 1.23 bits per heavy atom. The van der Waals surface area contributed by atoms with Gasteiger partial charge in [-0.3, -0.25) is 9.69 Å². The molecular formula is C17H21N7O2. The van der Waals surface area contributed by atoms with Crippen LogP contribution in [0.3, 0.4) is 0 Å². The molecule has 0 aliphatic carbocycles. The SMILES string of the molecule is Cn1cnnc1-c1ccc(NC(=O)N2CCN3CCNC(=O)C3C2)cc1. The van der Waals surface area contributed by atoms with E-state index < -0.39 is 0 Å². The molecule has 2 N–H and O–H groups in total. The number of aryl methyl sites for hydroxylation is 1. The lowest BCUT2D eigenvalue weighted by atomic mass is 10.1. The Morgan fingerprint density at radius 2 is 2.04 bits per heavy atom. The van der Waals surface area contributed by atoms with Crippen molar-refractivity contribution in [2.24, 2.45) is 7.05 Å². The normalized spacial score (nSPS) is 20.4. The van der Waals surface area contributed by atoms with E-state index in [1.807, 2.05) is 35.9 Å². The van der Waals surface area contributed by atoms with E-state index in [4.69, 9.17) is 0 Å². The summed E-state index contributed by atoms with van der Waals surface area (Å²) in [5.41, 5.74) is 1.63. The van der Waals surface area contributed by atoms with Crippen LogP contribution in [-0.4, -0.2) is 75.3 Å². The number of urea groups is 1. The number of hydrogen-bond acceptors (Lipinski definition) is 5. The quantitative estimate of drug-likeness (QED) is 0.798. The van der Waals surface area contributed by atoms with Gasteiger partial charge < -0.3 is 20.1 Å². The fourth-order valence-corrected chi connectivity index (χ4v) is 3.41. The summed E-state index contributed by atoms with van der Waals surface area (Å²) < 4.78 is 1.84. The first kappa shape index (κ1) is 16.5. The molecule has 0 bridgehead atoms. The molecule has 0 radical (unpaired) electrons. The number of hydrogen-bond donors (Lipinski definition) is 2. The fourth-order valence-electron chi connectivity index (χ4n) is 3.41. The molecule has 2 fully saturated rings. The van der Waals surface area contributed by atoms with Crippen molar-refractivity contribution in [3.8, 4) is 11.4 Å². The van der Waals surface area contributed by atoms with Crippen LogP contribution in [-0.2, 0) is 11.8 Å². The van der Waals surface area contributed by atoms with E-state index in [1.165, 1.54) is 0 Å². The number of anilines is 1. The van der Waals surface area contributed by atoms with E-state index in [0.717, 1.165) is 24.5 Å². The van der Waals surface area contributed by atoms with Crippen LogP contribution in [0.25, 0.3) is 11.4 Å². The summed E-state index contributed by atoms with van der Waals surface area (Å²) in [7, 11) is 1.88. The Hall–Kier alpha value is -2.94. The molecule has 0 saturated carbocycles. The van der Waals surface area contributed by atoms with Crippen molar-refractivity contribution in [2.75, 3.05) is 38.0 Å². The number of amides is 3. The molecule has 9 nitrogen and oxygen atoms in total. The first-order valence-corrected chi connectivity index (χ1v) is 8.64. The molecule has 3 amide bonds. The van der Waals surface area contributed by atoms with Crippen molar-refractivity contribution in [1.29, 1.82) is 0 Å². The first-order chi connectivity index (χ1) is 12.6. The minimum absolute atomic E-state index is 0.00165. The van der Waals surface area contributed by atoms with Crippen LogP contribution >= 0.6 is 0 Å². The van der Waals surface area contributed by atoms with Crippen molar-refractivity contribution in [3.05, 3.63) is 30.6 Å². The van der Waals surface area contributed by atoms with Crippen molar-refractivity contribution < 1.29 is 9.59 Å². The Balaban J connectivity index is 1.40. The smallest absolute Gasteiger partial charge is 0.321 e. The van der Waals surface area contributed by atoms with Gasteiger partial charge in [-0.05, 0) is 24.3 Å². The van der Waals surface area contributed by atoms with E-state index in [0.29, 0.717) is 25.3 Å². The van der Waals surface area contributed by atoms with Gasteiger partial charge in [0, 0.05) is 51.0 Å². The minimum atomic E-state index is -0.249. The second-order valence-electron chi connectivity index (χ2n) is 6.56. The number of nitrogens with zero attached hydrogens (tertiary/aromatic N) is 5. The summed E-state index contributed by atoms with van der Waals surface area (Å²) in [6.07, 6.45) is 1.64. The molecule has 136 valence electrons. The van der Waals surface area contributed by atoms with Gasteiger partial charge in [0.05, 0.1) is 0 Å². The van der Waals surface area contributed by atoms with Gasteiger partial charge in [0.1, 0.15) is 12.4 Å². The highest BCUT2D eigenvalue weighted by Gasteiger charge is 2.36. The molecule has 0 spiro atoms. The number of fused-ring (bicyclic) bond motifs is 1. The summed E-state index contributed by atoms with van der Waals surface area (Å²) in [4.78, 5) is 28.4. The molecule has 26 heavy (non-hydrogen) atoms. The van der Waals surface area contributed by atoms with E-state index in [-0.39, 0.29) is 18.0 Å². The highest BCUT2D eigenvalue weighted by Crippen LogP contribution is 2.19. The third-order valence-corrected chi connectivity index (χ3v) is 4.89. The predicted octanol–water partition coefficient (Wildman–Crippen LogP) is 0.130. The molecule has 2 aliphatic heterocycles. The number of aromatic nitrogens is 3. The van der Waals surface area contributed by atoms with Crippen LogP contribution in [0.5, 0.6) is 0 Å². The van der Waals surface area contributed by atoms with Crippen LogP contribution in [0.1, 0.15) is 0 Å². The van der Waals surface area contributed by atoms with E-state index in [9.17, 15) is 9.59 Å². The van der Waals surface area contributed by atoms with Gasteiger partial charge in [0.15, 0.2) is 5.82 Å². The van der Waals surface area contributed by atoms with Gasteiger partial charge >= 0.3 is 6.03 Å². The lowest BCUT2D eigenvalue weighted by molar-refractivity contribution is -0.131. The molecule has 1 aromatic heterocycles. The average Bonchev–Trinajstić information content (AvgIpc) is 3.08. The van der Waals surface area contributed by atoms with Crippen molar-refractivity contribution in [2.45, 2.75) is 6.04 Å². The van der Waals surface area contributed by atoms with Crippen LogP contribution in [0, 0.1) is 0 Å². The van der Waals surface area contributed by atoms with Gasteiger partial charge in [0.2, 0.25) is 5.91 Å². The topological polar surface area (TPSA) is 95.4 Å². The standard InChI is InChI=1S/C17H21N7O2/c1-22-11-19-21-15(22)12-2-4-13(5-3-12)20-17(26)24-9-8-23-7-6-18-16(25)14(23)10-24/h2-5,11,14H,6-10H2,1H3,(H,18,25)(H,20,26). The first-order valence-electron chi connectivity index (χ1n) is 8.64. The van der Waals surface area contributed by atoms with Crippen LogP contribution < -0.4 is 10.6 Å². The predicted molar refractivity (Wildman–Crippen MR) is 95.4 cm³/mol. The second-order valence-corrected chi connectivity index (χ2v) is 6.56. The summed E-state index contributed by atoms with van der Waals surface area (Å²) in [5.74, 6) is 0.768. The monoisotopic (exact) mass is 355 g/mol. The number of rotatable bonds is 2. The van der Waals surface area contributed by atoms with Crippen molar-refractivity contribution in [1.82, 2.24) is 29.9 Å². The van der Waals surface area contributed by atoms with Gasteiger partial charge in [-0.2, -0.15) is 0 Å². The van der Waals surface area contributed by atoms with Crippen molar-refractivity contribution >= 4 is 17.6 Å². The van der Waals surface area contributed by atoms with Gasteiger partial charge in [-0.15, -0.1) is 10.2 Å². The molecule has 2 saturated heterocycles. The van der Waals surface area contributed by atoms with Gasteiger partial charge in [-0.1, -0.05) is 0 Å². The molecule has 9 heteroatoms. The summed E-state index contributed by atoms with van der Waals surface area (Å²) >= 11 is 0. The largest absolute Gasteiger partial charge is 0.353 e. The van der Waals surface area contributed by atoms with E-state index in [1.54, 1.807) is 11.2 Å². The summed E-state index contributed by atoms with van der Waals surface area (Å²) in [5, 5.41) is 13.7. The second kappa shape index (κ2) is 6.75. The molecular weight excluding hydrogens is 334 g/mol. The zero-order chi connectivity index (χ0) is 18.1. The van der Waals surface area contributed by atoms with Crippen molar-refractivity contribution in [3.63, 3.8) is 0 Å². The molecule has 3 heterocycles. The Kier molecular flexibility index (Phi) is 4.29. The number of carbonyl (C=O) groups is 2. The third kappa shape index (κ3) is 3.13. The maximum atomic E-state index is 12.6. The highest BCUT2D eigenvalue weighted by atomic mass is 16.2. The molecule has 1 aromatic carbocycles. The van der Waals surface area contributed by atoms with Gasteiger partial charge in [-0.25, -0.2) is 4.79 Å². The zero-order valence-electron chi connectivity index (χ0n) is 14.6. The van der Waals surface area contributed by atoms with Crippen LogP contribution in [0.2, 0.25) is 0 Å². The average molecular weight is 355 g/mol. The highest BCUT2D eigenvalue weighted by molar-refractivity contribution is 5.91. The maximum Gasteiger partial charge on any atom is 0.321 e. The Morgan fingerprint density at radius 3 is 2.77 bits per heavy atom. The molecule has 1 unspecified atom stereocenters. The molecule has 1 atom stereocenters. The Labute approximate surface area is 151 Å². The van der Waals surface area contributed by atoms with E-state index >= 15 is 0 Å². The zero-order valence-corrected chi connectivity index (χ0v) is 14.6. The minimum Gasteiger partial charge on any atom is -0.353 e. The number of piperazine rings is 2. The Bertz CT molecular complexity index is 817. The lowest BCUT2D eigenvalue weighted by Gasteiger charge is -2.42.